The molecule has 3 aromatic carbocycles. The lowest BCUT2D eigenvalue weighted by atomic mass is 9.49. The average molecular weight is 876 g/mol. The van der Waals surface area contributed by atoms with Crippen LogP contribution in [-0.2, 0) is 17.9 Å². The molecule has 4 saturated carbocycles. The molecule has 7 aromatic rings. The maximum absolute atomic E-state index is 14.1. The van der Waals surface area contributed by atoms with Gasteiger partial charge in [-0.05, 0) is 111 Å². The van der Waals surface area contributed by atoms with Crippen LogP contribution in [-0.4, -0.2) is 78.3 Å². The second kappa shape index (κ2) is 16.1. The van der Waals surface area contributed by atoms with Crippen molar-refractivity contribution in [2.45, 2.75) is 58.6 Å². The molecule has 2 amide bonds. The van der Waals surface area contributed by atoms with E-state index in [1.807, 2.05) is 92.1 Å². The lowest BCUT2D eigenvalue weighted by molar-refractivity contribution is -0.0638. The number of carbonyl (C=O) groups excluding carboxylic acids is 2. The Morgan fingerprint density at radius 2 is 1.61 bits per heavy atom. The number of hydrogen-bond acceptors (Lipinski definition) is 10. The van der Waals surface area contributed by atoms with E-state index in [4.69, 9.17) is 9.84 Å². The number of fused-ring (bicyclic) bond motifs is 2. The fraction of sp³-hybridized carbons (Fsp3) is 0.347. The highest BCUT2D eigenvalue weighted by molar-refractivity contribution is 7.22. The van der Waals surface area contributed by atoms with Gasteiger partial charge in [0.1, 0.15) is 18.0 Å². The summed E-state index contributed by atoms with van der Waals surface area (Å²) in [7, 11) is 0. The van der Waals surface area contributed by atoms with E-state index in [9.17, 15) is 19.5 Å². The third kappa shape index (κ3) is 7.50. The SMILES string of the molecule is Cc1c(-c2ccn3c(Nc4cc(N5CCN(C(=O)OCc6ccccc6)CC5)ccc4C(=O)Nc4nc5ccccc5s4)cnc3c2C(=O)O)cnn1CC12CC3CC(CC(C3)C1)C2. The van der Waals surface area contributed by atoms with Crippen LogP contribution in [0.3, 0.4) is 0 Å². The summed E-state index contributed by atoms with van der Waals surface area (Å²) in [6, 6.07) is 24.7. The second-order valence-corrected chi connectivity index (χ2v) is 19.3. The van der Waals surface area contributed by atoms with E-state index < -0.39 is 5.97 Å². The van der Waals surface area contributed by atoms with Gasteiger partial charge in [-0.1, -0.05) is 53.8 Å². The van der Waals surface area contributed by atoms with Gasteiger partial charge in [0, 0.05) is 61.4 Å². The van der Waals surface area contributed by atoms with Crippen LogP contribution in [0.2, 0.25) is 0 Å². The summed E-state index contributed by atoms with van der Waals surface area (Å²) < 4.78 is 10.4. The highest BCUT2D eigenvalue weighted by atomic mass is 32.1. The number of thiazole rings is 1. The number of imidazole rings is 1. The number of aromatic nitrogens is 5. The molecule has 4 bridgehead atoms. The van der Waals surface area contributed by atoms with Crippen molar-refractivity contribution in [3.8, 4) is 11.1 Å². The quantitative estimate of drug-likeness (QED) is 0.114. The number of benzene rings is 3. The smallest absolute Gasteiger partial charge is 0.410 e. The first kappa shape index (κ1) is 40.1. The fourth-order valence-corrected chi connectivity index (χ4v) is 12.3. The van der Waals surface area contributed by atoms with E-state index >= 15 is 0 Å². The molecule has 1 aliphatic heterocycles. The minimum absolute atomic E-state index is 0.0794. The molecular weight excluding hydrogens is 827 g/mol. The zero-order valence-electron chi connectivity index (χ0n) is 35.6. The molecule has 5 aliphatic rings. The molecule has 64 heavy (non-hydrogen) atoms. The fourth-order valence-electron chi connectivity index (χ4n) is 11.5. The standard InChI is InChI=1S/C49H49N9O5S/c1-30-38(26-51-58(30)29-49-23-32-19-33(24-49)21-34(20-32)25-49)36-13-14-57-42(27-50-44(57)43(36)46(60)61)52-40-22-35(11-12-37(40)45(59)54-47-53-39-9-5-6-10-41(39)64-47)55-15-17-56(18-16-55)48(62)63-28-31-7-3-2-4-8-31/h2-14,22,26-27,32-34,52H,15-21,23-25,28-29H2,1H3,(H,60,61)(H,53,54,59). The summed E-state index contributed by atoms with van der Waals surface area (Å²) in [4.78, 5) is 53.4. The lowest BCUT2D eigenvalue weighted by Crippen LogP contribution is -2.49. The van der Waals surface area contributed by atoms with Crippen LogP contribution >= 0.6 is 11.3 Å². The first-order valence-corrected chi connectivity index (χ1v) is 23.0. The van der Waals surface area contributed by atoms with Crippen molar-refractivity contribution in [1.29, 1.82) is 0 Å². The lowest BCUT2D eigenvalue weighted by Gasteiger charge is -2.56. The van der Waals surface area contributed by atoms with Crippen LogP contribution in [0.1, 0.15) is 70.5 Å². The molecule has 4 aliphatic carbocycles. The molecule has 1 saturated heterocycles. The number of nitrogens with one attached hydrogen (secondary N) is 2. The summed E-state index contributed by atoms with van der Waals surface area (Å²) in [5.74, 6) is 1.52. The van der Waals surface area contributed by atoms with E-state index in [-0.39, 0.29) is 35.2 Å². The number of carbonyl (C=O) groups is 3. The van der Waals surface area contributed by atoms with Crippen molar-refractivity contribution in [1.82, 2.24) is 29.0 Å². The summed E-state index contributed by atoms with van der Waals surface area (Å²) in [5.41, 5.74) is 6.35. The first-order valence-electron chi connectivity index (χ1n) is 22.2. The van der Waals surface area contributed by atoms with Gasteiger partial charge in [-0.2, -0.15) is 5.10 Å². The highest BCUT2D eigenvalue weighted by Gasteiger charge is 2.51. The number of ether oxygens (including phenoxy) is 1. The molecule has 0 spiro atoms. The molecule has 0 atom stereocenters. The van der Waals surface area contributed by atoms with Gasteiger partial charge < -0.3 is 25.0 Å². The Balaban J connectivity index is 0.871. The molecule has 3 N–H and O–H groups in total. The number of amides is 2. The minimum Gasteiger partial charge on any atom is -0.478 e. The van der Waals surface area contributed by atoms with Gasteiger partial charge in [0.25, 0.3) is 5.91 Å². The van der Waals surface area contributed by atoms with Crippen molar-refractivity contribution in [2.24, 2.45) is 23.2 Å². The van der Waals surface area contributed by atoms with Crippen molar-refractivity contribution >= 4 is 67.5 Å². The number of anilines is 4. The number of pyridine rings is 1. The number of aromatic carboxylic acids is 1. The minimum atomic E-state index is -1.09. The normalized spacial score (nSPS) is 21.4. The Labute approximate surface area is 373 Å². The van der Waals surface area contributed by atoms with Gasteiger partial charge in [-0.3, -0.25) is 19.2 Å². The third-order valence-corrected chi connectivity index (χ3v) is 15.0. The van der Waals surface area contributed by atoms with E-state index in [2.05, 4.69) is 30.2 Å². The van der Waals surface area contributed by atoms with E-state index in [0.717, 1.165) is 57.0 Å². The van der Waals surface area contributed by atoms with Crippen molar-refractivity contribution < 1.29 is 24.2 Å². The van der Waals surface area contributed by atoms with Crippen molar-refractivity contribution in [3.05, 3.63) is 120 Å². The number of nitrogens with zero attached hydrogens (tertiary/aromatic N) is 7. The Kier molecular flexibility index (Phi) is 10.1. The predicted molar refractivity (Wildman–Crippen MR) is 246 cm³/mol. The van der Waals surface area contributed by atoms with Crippen LogP contribution in [0.25, 0.3) is 27.0 Å². The first-order chi connectivity index (χ1) is 31.1. The summed E-state index contributed by atoms with van der Waals surface area (Å²) >= 11 is 1.39. The maximum atomic E-state index is 14.1. The molecule has 5 fully saturated rings. The molecule has 0 radical (unpaired) electrons. The summed E-state index contributed by atoms with van der Waals surface area (Å²) in [5, 5.41) is 22.5. The molecule has 4 aromatic heterocycles. The average Bonchev–Trinajstić information content (AvgIpc) is 4.00. The zero-order valence-corrected chi connectivity index (χ0v) is 36.4. The monoisotopic (exact) mass is 875 g/mol. The second-order valence-electron chi connectivity index (χ2n) is 18.3. The number of carboxylic acids is 1. The number of carboxylic acid groups (broad SMARTS) is 1. The molecule has 14 nitrogen and oxygen atoms in total. The molecule has 15 heteroatoms. The molecule has 12 rings (SSSR count). The van der Waals surface area contributed by atoms with Crippen LogP contribution in [0.4, 0.5) is 27.1 Å². The van der Waals surface area contributed by atoms with Crippen molar-refractivity contribution in [3.63, 3.8) is 0 Å². The van der Waals surface area contributed by atoms with Crippen molar-refractivity contribution in [2.75, 3.05) is 41.7 Å². The van der Waals surface area contributed by atoms with Crippen LogP contribution in [0.15, 0.2) is 97.5 Å². The Morgan fingerprint density at radius 1 is 0.875 bits per heavy atom. The Morgan fingerprint density at radius 3 is 2.34 bits per heavy atom. The van der Waals surface area contributed by atoms with Crippen LogP contribution in [0, 0.1) is 30.1 Å². The highest BCUT2D eigenvalue weighted by Crippen LogP contribution is 2.60. The van der Waals surface area contributed by atoms with E-state index in [1.54, 1.807) is 21.6 Å². The molecular formula is C49H49N9O5S. The topological polar surface area (TPSA) is 159 Å². The van der Waals surface area contributed by atoms with E-state index in [1.165, 1.54) is 49.9 Å². The van der Waals surface area contributed by atoms with Gasteiger partial charge in [0.2, 0.25) is 0 Å². The summed E-state index contributed by atoms with van der Waals surface area (Å²) in [6.07, 6.45) is 12.8. The molecule has 0 unspecified atom stereocenters. The molecule has 326 valence electrons. The van der Waals surface area contributed by atoms with Gasteiger partial charge in [-0.25, -0.2) is 19.6 Å². The van der Waals surface area contributed by atoms with Gasteiger partial charge in [0.05, 0.1) is 33.9 Å². The van der Waals surface area contributed by atoms with Gasteiger partial charge in [-0.15, -0.1) is 0 Å². The predicted octanol–water partition coefficient (Wildman–Crippen LogP) is 9.49. The van der Waals surface area contributed by atoms with E-state index in [0.29, 0.717) is 53.9 Å². The zero-order chi connectivity index (χ0) is 43.5. The number of hydrogen-bond donors (Lipinski definition) is 3. The maximum Gasteiger partial charge on any atom is 0.410 e. The number of para-hydroxylation sites is 1. The van der Waals surface area contributed by atoms with Gasteiger partial charge >= 0.3 is 12.1 Å². The Bertz CT molecular complexity index is 2860. The largest absolute Gasteiger partial charge is 0.478 e. The summed E-state index contributed by atoms with van der Waals surface area (Å²) in [6.45, 7) is 5.15. The van der Waals surface area contributed by atoms with Crippen LogP contribution < -0.4 is 15.5 Å². The molecule has 5 heterocycles. The van der Waals surface area contributed by atoms with Gasteiger partial charge in [0.15, 0.2) is 10.8 Å². The number of rotatable bonds is 11. The third-order valence-electron chi connectivity index (χ3n) is 14.1. The van der Waals surface area contributed by atoms with Crippen LogP contribution in [0.5, 0.6) is 0 Å². The Hall–Kier alpha value is -6.74. The number of piperazine rings is 1.